The number of carbonyl (C=O) groups is 2. The van der Waals surface area contributed by atoms with Gasteiger partial charge in [-0.3, -0.25) is 9.59 Å². The molecule has 2 aliphatic carbocycles. The van der Waals surface area contributed by atoms with Crippen LogP contribution < -0.4 is 11.1 Å². The molecule has 6 aromatic carbocycles. The van der Waals surface area contributed by atoms with E-state index in [1.54, 1.807) is 64.0 Å². The van der Waals surface area contributed by atoms with E-state index in [2.05, 4.69) is 42.2 Å². The van der Waals surface area contributed by atoms with E-state index in [-0.39, 0.29) is 42.7 Å². The molecule has 448 valence electrons. The van der Waals surface area contributed by atoms with Crippen LogP contribution in [0.15, 0.2) is 146 Å². The summed E-state index contributed by atoms with van der Waals surface area (Å²) in [6.07, 6.45) is 13.0. The molecule has 10 rings (SSSR count). The SMILES string of the molecule is C.CCN(CC)CC.C[C@H](N)c1ccccc1.C[C@H](NC(=O)c1nn(-c2ccc(Cl)cc2Cl)c2c1CCCCC/C2=C\c1ccc(F)cc1)c1ccccc1.O=C(Cl)c1nn(-c2ccc(Cl)cc2Cl)c2c1CCCCC/C2=C\c1ccc(F)cc1. The maximum absolute atomic E-state index is 13.7. The van der Waals surface area contributed by atoms with Crippen molar-refractivity contribution < 1.29 is 18.4 Å². The van der Waals surface area contributed by atoms with Crippen LogP contribution in [0.5, 0.6) is 0 Å². The second kappa shape index (κ2) is 33.5. The van der Waals surface area contributed by atoms with Crippen molar-refractivity contribution in [1.82, 2.24) is 29.8 Å². The maximum atomic E-state index is 13.7. The highest BCUT2D eigenvalue weighted by Gasteiger charge is 2.30. The summed E-state index contributed by atoms with van der Waals surface area (Å²) in [5.41, 5.74) is 16.9. The molecule has 0 unspecified atom stereocenters. The van der Waals surface area contributed by atoms with Crippen LogP contribution >= 0.6 is 58.0 Å². The first-order valence-corrected chi connectivity index (χ1v) is 30.5. The number of hydrogen-bond acceptors (Lipinski definition) is 6. The van der Waals surface area contributed by atoms with Gasteiger partial charge >= 0.3 is 0 Å². The molecule has 0 spiro atoms. The van der Waals surface area contributed by atoms with Crippen LogP contribution in [-0.4, -0.2) is 55.2 Å². The van der Waals surface area contributed by atoms with Crippen LogP contribution in [0.2, 0.25) is 20.1 Å². The summed E-state index contributed by atoms with van der Waals surface area (Å²) in [5, 5.41) is 13.8. The summed E-state index contributed by atoms with van der Waals surface area (Å²) in [7, 11) is 0. The number of aromatic nitrogens is 4. The first-order valence-electron chi connectivity index (χ1n) is 28.7. The van der Waals surface area contributed by atoms with Crippen LogP contribution in [0, 0.1) is 11.6 Å². The first kappa shape index (κ1) is 67.7. The molecule has 85 heavy (non-hydrogen) atoms. The zero-order chi connectivity index (χ0) is 60.3. The van der Waals surface area contributed by atoms with Crippen molar-refractivity contribution in [2.45, 2.75) is 118 Å². The number of halogens is 7. The van der Waals surface area contributed by atoms with Crippen molar-refractivity contribution in [3.05, 3.63) is 233 Å². The molecule has 2 aromatic heterocycles. The minimum atomic E-state index is -0.600. The summed E-state index contributed by atoms with van der Waals surface area (Å²) in [4.78, 5) is 28.2. The topological polar surface area (TPSA) is 111 Å². The Balaban J connectivity index is 0.000000217. The van der Waals surface area contributed by atoms with E-state index in [1.807, 2.05) is 86.7 Å². The number of carbonyl (C=O) groups excluding carboxylic acids is 2. The van der Waals surface area contributed by atoms with Crippen molar-refractivity contribution in [2.75, 3.05) is 19.6 Å². The summed E-state index contributed by atoms with van der Waals surface area (Å²) >= 11 is 31.3. The fourth-order valence-corrected chi connectivity index (χ4v) is 11.3. The largest absolute Gasteiger partial charge is 0.344 e. The van der Waals surface area contributed by atoms with Gasteiger partial charge in [0.2, 0.25) is 0 Å². The zero-order valence-electron chi connectivity index (χ0n) is 48.1. The van der Waals surface area contributed by atoms with E-state index in [1.165, 1.54) is 49.5 Å². The number of benzene rings is 6. The lowest BCUT2D eigenvalue weighted by Gasteiger charge is -2.18. The van der Waals surface area contributed by atoms with Gasteiger partial charge in [0.15, 0.2) is 5.69 Å². The highest BCUT2D eigenvalue weighted by molar-refractivity contribution is 6.67. The number of amides is 1. The number of rotatable bonds is 12. The van der Waals surface area contributed by atoms with E-state index in [0.717, 1.165) is 102 Å². The normalized spacial score (nSPS) is 14.6. The first-order chi connectivity index (χ1) is 40.5. The van der Waals surface area contributed by atoms with Gasteiger partial charge in [-0.05, 0) is 203 Å². The fourth-order valence-electron chi connectivity index (χ4n) is 10.2. The molecular formula is C69H76Cl5F2N7O2. The lowest BCUT2D eigenvalue weighted by Crippen LogP contribution is -2.28. The maximum Gasteiger partial charge on any atom is 0.273 e. The standard InChI is InChI=1S/C31H28Cl2FN3O.C23H18Cl3FN2O.C8H11N.C6H15N.CH4/c1-20(22-8-4-2-5-9-22)35-31(38)29-26-11-7-3-6-10-23(18-21-12-15-25(34)16-13-21)30(26)37(36-29)28-17-14-24(32)19-27(28)33;24-16-8-11-20(19(25)13-16)29-22-15(12-14-6-9-17(27)10-7-14)4-2-1-3-5-18(22)21(28-29)23(26)30;1-7(9)8-5-3-2-4-6-8;1-4-7(5-2)6-3;/h2,4-5,8-9,12-20H,3,6-7,10-11H2,1H3,(H,35,38);6-13H,1-5H2;2-7H,9H2,1H3;4-6H2,1-3H3;1H4/b23-18+;15-12+;;;/t20-;;7-;;/m0.0../s1. The van der Waals surface area contributed by atoms with E-state index in [9.17, 15) is 18.4 Å². The number of allylic oxidation sites excluding steroid dienone is 2. The van der Waals surface area contributed by atoms with Crippen molar-refractivity contribution in [1.29, 1.82) is 0 Å². The van der Waals surface area contributed by atoms with Crippen LogP contribution in [0.1, 0.15) is 171 Å². The van der Waals surface area contributed by atoms with E-state index in [0.29, 0.717) is 50.0 Å². The Hall–Kier alpha value is -6.41. The van der Waals surface area contributed by atoms with Crippen molar-refractivity contribution in [3.63, 3.8) is 0 Å². The summed E-state index contributed by atoms with van der Waals surface area (Å²) in [6.45, 7) is 14.1. The van der Waals surface area contributed by atoms with Crippen LogP contribution in [0.4, 0.5) is 8.78 Å². The Morgan fingerprint density at radius 2 is 0.976 bits per heavy atom. The number of nitrogens with two attached hydrogens (primary N) is 1. The summed E-state index contributed by atoms with van der Waals surface area (Å²) in [5.74, 6) is -0.804. The molecule has 1 amide bonds. The van der Waals surface area contributed by atoms with Gasteiger partial charge in [-0.15, -0.1) is 0 Å². The molecule has 3 N–H and O–H groups in total. The number of nitrogens with one attached hydrogen (secondary N) is 1. The molecule has 2 heterocycles. The van der Waals surface area contributed by atoms with Gasteiger partial charge in [0.25, 0.3) is 11.1 Å². The highest BCUT2D eigenvalue weighted by Crippen LogP contribution is 2.39. The summed E-state index contributed by atoms with van der Waals surface area (Å²) < 4.78 is 30.4. The van der Waals surface area contributed by atoms with Gasteiger partial charge in [-0.25, -0.2) is 18.1 Å². The smallest absolute Gasteiger partial charge is 0.273 e. The number of fused-ring (bicyclic) bond motifs is 2. The Morgan fingerprint density at radius 3 is 1.35 bits per heavy atom. The van der Waals surface area contributed by atoms with E-state index < -0.39 is 5.24 Å². The predicted molar refractivity (Wildman–Crippen MR) is 352 cm³/mol. The average Bonchev–Trinajstić information content (AvgIpc) is 2.04. The molecule has 8 aromatic rings. The third-order valence-corrected chi connectivity index (χ3v) is 16.0. The van der Waals surface area contributed by atoms with Gasteiger partial charge in [0, 0.05) is 27.2 Å². The Bertz CT molecular complexity index is 3500. The van der Waals surface area contributed by atoms with E-state index >= 15 is 0 Å². The third kappa shape index (κ3) is 18.8. The Kier molecular flexibility index (Phi) is 26.7. The quantitative estimate of drug-likeness (QED) is 0.118. The van der Waals surface area contributed by atoms with Crippen molar-refractivity contribution in [3.8, 4) is 11.4 Å². The molecule has 0 radical (unpaired) electrons. The van der Waals surface area contributed by atoms with Crippen molar-refractivity contribution in [2.24, 2.45) is 5.73 Å². The second-order valence-electron chi connectivity index (χ2n) is 20.6. The number of nitrogens with zero attached hydrogens (tertiary/aromatic N) is 5. The molecule has 2 aliphatic rings. The molecule has 2 atom stereocenters. The summed E-state index contributed by atoms with van der Waals surface area (Å²) in [6, 6.07) is 43.0. The van der Waals surface area contributed by atoms with Gasteiger partial charge in [-0.2, -0.15) is 10.2 Å². The molecule has 0 aliphatic heterocycles. The fraction of sp³-hybridized carbons (Fsp3) is 0.304. The molecule has 0 fully saturated rings. The molecule has 0 saturated carbocycles. The monoisotopic (exact) mass is 1250 g/mol. The van der Waals surface area contributed by atoms with Crippen LogP contribution in [0.3, 0.4) is 0 Å². The zero-order valence-corrected chi connectivity index (χ0v) is 51.9. The molecule has 9 nitrogen and oxygen atoms in total. The number of hydrogen-bond donors (Lipinski definition) is 2. The minimum Gasteiger partial charge on any atom is -0.344 e. The van der Waals surface area contributed by atoms with Crippen LogP contribution in [-0.2, 0) is 12.8 Å². The predicted octanol–water partition coefficient (Wildman–Crippen LogP) is 19.5. The van der Waals surface area contributed by atoms with E-state index in [4.69, 9.17) is 68.8 Å². The van der Waals surface area contributed by atoms with Crippen LogP contribution in [0.25, 0.3) is 34.7 Å². The van der Waals surface area contributed by atoms with Crippen molar-refractivity contribution >= 4 is 92.5 Å². The molecule has 0 saturated heterocycles. The lowest BCUT2D eigenvalue weighted by molar-refractivity contribution is 0.0933. The van der Waals surface area contributed by atoms with Gasteiger partial charge in [0.05, 0.1) is 38.8 Å². The highest BCUT2D eigenvalue weighted by atomic mass is 35.5. The Morgan fingerprint density at radius 1 is 0.576 bits per heavy atom. The Labute approximate surface area is 525 Å². The van der Waals surface area contributed by atoms with Gasteiger partial charge in [0.1, 0.15) is 17.3 Å². The minimum absolute atomic E-state index is 0. The van der Waals surface area contributed by atoms with Gasteiger partial charge in [-0.1, -0.05) is 172 Å². The molecular weight excluding hydrogens is 1170 g/mol. The average molecular weight is 1250 g/mol. The molecule has 0 bridgehead atoms. The molecule has 16 heteroatoms. The second-order valence-corrected chi connectivity index (χ2v) is 22.7. The van der Waals surface area contributed by atoms with Gasteiger partial charge < -0.3 is 16.0 Å². The lowest BCUT2D eigenvalue weighted by atomic mass is 9.91. The third-order valence-electron chi connectivity index (χ3n) is 14.7.